The van der Waals surface area contributed by atoms with Crippen molar-refractivity contribution in [2.24, 2.45) is 29.6 Å². The van der Waals surface area contributed by atoms with Gasteiger partial charge in [-0.3, -0.25) is 0 Å². The number of nitrogens with one attached hydrogen (secondary N) is 1. The van der Waals surface area contributed by atoms with Gasteiger partial charge in [0, 0.05) is 56.0 Å². The first-order valence-electron chi connectivity index (χ1n) is 15.9. The molecule has 2 N–H and O–H groups in total. The van der Waals surface area contributed by atoms with Crippen LogP contribution >= 0.6 is 0 Å². The number of esters is 2. The minimum absolute atomic E-state index is 0.215. The van der Waals surface area contributed by atoms with Gasteiger partial charge in [-0.15, -0.1) is 0 Å². The molecule has 1 spiro atoms. The number of methoxy groups -OCH3 is 1. The highest BCUT2D eigenvalue weighted by molar-refractivity contribution is 5.87. The van der Waals surface area contributed by atoms with Gasteiger partial charge in [-0.2, -0.15) is 0 Å². The molecular formula is C33H44N2O10. The first-order valence-corrected chi connectivity index (χ1v) is 15.9. The number of morpholine rings is 1. The quantitative estimate of drug-likeness (QED) is 0.284. The molecule has 1 amide bonds. The lowest BCUT2D eigenvalue weighted by Gasteiger charge is -2.48. The zero-order valence-corrected chi connectivity index (χ0v) is 26.4. The molecule has 2 aliphatic carbocycles. The van der Waals surface area contributed by atoms with Crippen LogP contribution in [0.5, 0.6) is 0 Å². The molecule has 3 fully saturated rings. The number of amides is 1. The summed E-state index contributed by atoms with van der Waals surface area (Å²) in [7, 11) is 1.46. The van der Waals surface area contributed by atoms with Gasteiger partial charge in [0.1, 0.15) is 35.7 Å². The van der Waals surface area contributed by atoms with Gasteiger partial charge < -0.3 is 43.4 Å². The van der Waals surface area contributed by atoms with Crippen molar-refractivity contribution in [3.8, 4) is 0 Å². The molecule has 3 aliphatic heterocycles. The number of aromatic nitrogens is 1. The van der Waals surface area contributed by atoms with Gasteiger partial charge in [0.25, 0.3) is 0 Å². The van der Waals surface area contributed by atoms with Gasteiger partial charge in [-0.1, -0.05) is 32.1 Å². The van der Waals surface area contributed by atoms with Crippen molar-refractivity contribution in [2.75, 3.05) is 33.4 Å². The third-order valence-corrected chi connectivity index (χ3v) is 10.5. The van der Waals surface area contributed by atoms with E-state index in [1.54, 1.807) is 30.2 Å². The largest absolute Gasteiger partial charge is 0.456 e. The predicted octanol–water partition coefficient (Wildman–Crippen LogP) is 2.88. The molecule has 1 aromatic heterocycles. The minimum atomic E-state index is -0.994. The maximum Gasteiger partial charge on any atom is 0.410 e. The van der Waals surface area contributed by atoms with Gasteiger partial charge in [0.2, 0.25) is 0 Å². The number of aliphatic hydroxyl groups excluding tert-OH is 1. The van der Waals surface area contributed by atoms with Crippen LogP contribution < -0.4 is 0 Å². The standard InChI is InChI=1S/C33H44N2O10/c1-17-15-18(2)33-21(16-24(40-5)31(38)43-27(17)20(4)42-32(39)35-11-13-41-14-12-35)8-9-22-25(33)26(36)19(3)28(29(22)45-33)44-30(37)23-7-6-10-34-23/h6-10,15,17,19-22,24-29,34,36H,11-14,16H2,1-5H3/b18-15+/t17-,19-,20-,21-,22-,24+,25+,26-,27+,28-,29-,33+/m1/s1. The highest BCUT2D eigenvalue weighted by atomic mass is 16.6. The molecule has 0 aromatic carbocycles. The number of hydrogen-bond acceptors (Lipinski definition) is 10. The summed E-state index contributed by atoms with van der Waals surface area (Å²) in [6.45, 7) is 9.22. The Morgan fingerprint density at radius 1 is 1.20 bits per heavy atom. The Morgan fingerprint density at radius 3 is 2.64 bits per heavy atom. The van der Waals surface area contributed by atoms with Crippen LogP contribution in [0.3, 0.4) is 0 Å². The Bertz CT molecular complexity index is 1320. The molecule has 4 bridgehead atoms. The van der Waals surface area contributed by atoms with E-state index in [9.17, 15) is 19.5 Å². The second kappa shape index (κ2) is 12.5. The summed E-state index contributed by atoms with van der Waals surface area (Å²) in [5.74, 6) is -2.77. The number of hydrogen-bond donors (Lipinski definition) is 2. The van der Waals surface area contributed by atoms with Crippen molar-refractivity contribution in [2.45, 2.75) is 76.3 Å². The van der Waals surface area contributed by atoms with Crippen molar-refractivity contribution in [3.05, 3.63) is 47.8 Å². The Balaban J connectivity index is 1.33. The van der Waals surface area contributed by atoms with E-state index in [0.29, 0.717) is 32.0 Å². The van der Waals surface area contributed by atoms with E-state index in [-0.39, 0.29) is 24.2 Å². The van der Waals surface area contributed by atoms with Gasteiger partial charge >= 0.3 is 18.0 Å². The molecule has 5 aliphatic rings. The SMILES string of the molecule is CO[C@H]1C[C@H]2C=C[C@H]3[C@H]4O[C@]2(/C(C)=C/[C@@H](C)[C@@H]([C@@H](C)OC(=O)N2CCOCC2)OC1=O)[C@@H]3[C@H](O)[C@@H](C)[C@H]4OC(=O)c1ccc[nH]1. The van der Waals surface area contributed by atoms with Crippen LogP contribution in [0.15, 0.2) is 42.1 Å². The lowest BCUT2D eigenvalue weighted by atomic mass is 9.57. The Kier molecular flexibility index (Phi) is 8.86. The molecular weight excluding hydrogens is 584 g/mol. The summed E-state index contributed by atoms with van der Waals surface area (Å²) in [5, 5.41) is 11.9. The van der Waals surface area contributed by atoms with Crippen molar-refractivity contribution in [1.82, 2.24) is 9.88 Å². The number of rotatable bonds is 5. The zero-order chi connectivity index (χ0) is 32.0. The van der Waals surface area contributed by atoms with E-state index < -0.39 is 72.1 Å². The maximum absolute atomic E-state index is 13.6. The number of carbonyl (C=O) groups is 3. The number of carbonyl (C=O) groups excluding carboxylic acids is 3. The third kappa shape index (κ3) is 5.49. The van der Waals surface area contributed by atoms with Crippen molar-refractivity contribution >= 4 is 18.0 Å². The molecule has 0 unspecified atom stereocenters. The maximum atomic E-state index is 13.6. The van der Waals surface area contributed by atoms with E-state index in [4.69, 9.17) is 28.4 Å². The third-order valence-electron chi connectivity index (χ3n) is 10.5. The van der Waals surface area contributed by atoms with Gasteiger partial charge in [-0.05, 0) is 38.0 Å². The van der Waals surface area contributed by atoms with Crippen LogP contribution in [-0.4, -0.2) is 109 Å². The summed E-state index contributed by atoms with van der Waals surface area (Å²) in [6.07, 6.45) is 2.92. The van der Waals surface area contributed by atoms with Crippen LogP contribution in [0.4, 0.5) is 4.79 Å². The van der Waals surface area contributed by atoms with Crippen molar-refractivity contribution in [3.63, 3.8) is 0 Å². The lowest BCUT2D eigenvalue weighted by molar-refractivity contribution is -0.172. The molecule has 12 nitrogen and oxygen atoms in total. The highest BCUT2D eigenvalue weighted by Gasteiger charge is 2.69. The zero-order valence-electron chi connectivity index (χ0n) is 26.4. The molecule has 12 atom stereocenters. The number of aliphatic hydroxyl groups is 1. The van der Waals surface area contributed by atoms with Gasteiger partial charge in [0.15, 0.2) is 6.10 Å². The predicted molar refractivity (Wildman–Crippen MR) is 159 cm³/mol. The number of ether oxygens (including phenoxy) is 6. The fraction of sp³-hybridized carbons (Fsp3) is 0.667. The topological polar surface area (TPSA) is 146 Å². The van der Waals surface area contributed by atoms with Gasteiger partial charge in [0.05, 0.1) is 19.3 Å². The van der Waals surface area contributed by atoms with Crippen LogP contribution in [0.25, 0.3) is 0 Å². The first-order chi connectivity index (χ1) is 21.6. The van der Waals surface area contributed by atoms with Crippen LogP contribution in [0.2, 0.25) is 0 Å². The molecule has 1 saturated carbocycles. The number of aromatic amines is 1. The minimum Gasteiger partial charge on any atom is -0.456 e. The number of nitrogens with zero attached hydrogens (tertiary/aromatic N) is 1. The molecule has 246 valence electrons. The summed E-state index contributed by atoms with van der Waals surface area (Å²) in [4.78, 5) is 44.0. The molecule has 4 heterocycles. The molecule has 2 saturated heterocycles. The molecule has 45 heavy (non-hydrogen) atoms. The second-order valence-electron chi connectivity index (χ2n) is 13.0. The smallest absolute Gasteiger partial charge is 0.410 e. The van der Waals surface area contributed by atoms with E-state index >= 15 is 0 Å². The summed E-state index contributed by atoms with van der Waals surface area (Å²) >= 11 is 0. The normalized spacial score (nSPS) is 41.2. The number of H-pyrrole nitrogens is 1. The van der Waals surface area contributed by atoms with E-state index in [2.05, 4.69) is 4.98 Å². The first kappa shape index (κ1) is 31.8. The molecule has 1 aromatic rings. The second-order valence-corrected chi connectivity index (χ2v) is 13.0. The van der Waals surface area contributed by atoms with E-state index in [1.807, 2.05) is 39.0 Å². The molecule has 0 radical (unpaired) electrons. The average molecular weight is 629 g/mol. The van der Waals surface area contributed by atoms with E-state index in [1.165, 1.54) is 7.11 Å². The van der Waals surface area contributed by atoms with Crippen molar-refractivity contribution < 1.29 is 47.9 Å². The summed E-state index contributed by atoms with van der Waals surface area (Å²) in [5.41, 5.74) is 0.201. The van der Waals surface area contributed by atoms with Crippen LogP contribution in [-0.2, 0) is 33.2 Å². The molecule has 12 heteroatoms. The van der Waals surface area contributed by atoms with E-state index in [0.717, 1.165) is 5.57 Å². The van der Waals surface area contributed by atoms with Crippen LogP contribution in [0.1, 0.15) is 44.6 Å². The van der Waals surface area contributed by atoms with Gasteiger partial charge in [-0.25, -0.2) is 14.4 Å². The molecule has 6 rings (SSSR count). The Labute approximate surface area is 263 Å². The average Bonchev–Trinajstić information content (AvgIpc) is 3.64. The Hall–Kier alpha value is -3.19. The monoisotopic (exact) mass is 628 g/mol. The van der Waals surface area contributed by atoms with Crippen molar-refractivity contribution in [1.29, 1.82) is 0 Å². The summed E-state index contributed by atoms with van der Waals surface area (Å²) < 4.78 is 35.9. The number of cyclic esters (lactones) is 1. The Morgan fingerprint density at radius 2 is 1.96 bits per heavy atom. The van der Waals surface area contributed by atoms with Crippen LogP contribution in [0, 0.1) is 29.6 Å². The highest BCUT2D eigenvalue weighted by Crippen LogP contribution is 2.61. The fourth-order valence-electron chi connectivity index (χ4n) is 8.18. The lowest BCUT2D eigenvalue weighted by Crippen LogP contribution is -2.57. The fourth-order valence-corrected chi connectivity index (χ4v) is 8.18. The summed E-state index contributed by atoms with van der Waals surface area (Å²) in [6, 6.07) is 3.37.